The summed E-state index contributed by atoms with van der Waals surface area (Å²) in [6.45, 7) is 1.80. The van der Waals surface area contributed by atoms with Gasteiger partial charge in [0.25, 0.3) is 5.91 Å². The SMILES string of the molecule is Cc1nc(-c2cccc(Cl)c2)sc1C(=O)NC(c1ccc(F)cc1)c1nccn1C. The van der Waals surface area contributed by atoms with Crippen LogP contribution >= 0.6 is 22.9 Å². The van der Waals surface area contributed by atoms with Crippen LogP contribution < -0.4 is 5.32 Å². The molecule has 0 aliphatic heterocycles. The molecule has 4 aromatic rings. The molecule has 1 atom stereocenters. The van der Waals surface area contributed by atoms with Gasteiger partial charge in [-0.05, 0) is 36.8 Å². The molecular weight excluding hydrogens is 423 g/mol. The second-order valence-corrected chi connectivity index (χ2v) is 8.23. The maximum absolute atomic E-state index is 13.4. The number of nitrogens with one attached hydrogen (secondary N) is 1. The zero-order valence-corrected chi connectivity index (χ0v) is 17.8. The standard InChI is InChI=1S/C22H18ClFN4OS/c1-13-19(30-22(26-13)15-4-3-5-16(23)12-15)21(29)27-18(20-25-10-11-28(20)2)14-6-8-17(24)9-7-14/h3-12,18H,1-2H3,(H,27,29). The van der Waals surface area contributed by atoms with Gasteiger partial charge in [0.2, 0.25) is 0 Å². The van der Waals surface area contributed by atoms with Gasteiger partial charge in [0.05, 0.1) is 5.69 Å². The zero-order chi connectivity index (χ0) is 21.3. The van der Waals surface area contributed by atoms with Crippen LogP contribution in [0, 0.1) is 12.7 Å². The van der Waals surface area contributed by atoms with E-state index >= 15 is 0 Å². The molecule has 5 nitrogen and oxygen atoms in total. The lowest BCUT2D eigenvalue weighted by atomic mass is 10.1. The Bertz CT molecular complexity index is 1200. The van der Waals surface area contributed by atoms with Crippen LogP contribution in [0.5, 0.6) is 0 Å². The highest BCUT2D eigenvalue weighted by molar-refractivity contribution is 7.17. The Labute approximate surface area is 182 Å². The molecule has 0 aliphatic rings. The van der Waals surface area contributed by atoms with Crippen molar-refractivity contribution in [3.8, 4) is 10.6 Å². The maximum atomic E-state index is 13.4. The second-order valence-electron chi connectivity index (χ2n) is 6.80. The molecule has 30 heavy (non-hydrogen) atoms. The third-order valence-electron chi connectivity index (χ3n) is 4.67. The molecule has 152 valence electrons. The third kappa shape index (κ3) is 4.13. The first-order valence-corrected chi connectivity index (χ1v) is 10.4. The maximum Gasteiger partial charge on any atom is 0.264 e. The van der Waals surface area contributed by atoms with Gasteiger partial charge in [-0.1, -0.05) is 35.9 Å². The van der Waals surface area contributed by atoms with Gasteiger partial charge >= 0.3 is 0 Å². The summed E-state index contributed by atoms with van der Waals surface area (Å²) < 4.78 is 15.2. The van der Waals surface area contributed by atoms with Gasteiger partial charge in [0, 0.05) is 30.0 Å². The summed E-state index contributed by atoms with van der Waals surface area (Å²) >= 11 is 7.39. The number of amides is 1. The average molecular weight is 441 g/mol. The van der Waals surface area contributed by atoms with Crippen molar-refractivity contribution in [3.63, 3.8) is 0 Å². The number of imidazole rings is 1. The van der Waals surface area contributed by atoms with Crippen LogP contribution in [0.3, 0.4) is 0 Å². The molecule has 0 spiro atoms. The molecule has 0 saturated carbocycles. The minimum absolute atomic E-state index is 0.268. The van der Waals surface area contributed by atoms with Crippen molar-refractivity contribution < 1.29 is 9.18 Å². The van der Waals surface area contributed by atoms with E-state index in [0.29, 0.717) is 21.4 Å². The lowest BCUT2D eigenvalue weighted by Crippen LogP contribution is -2.31. The summed E-state index contributed by atoms with van der Waals surface area (Å²) in [4.78, 5) is 22.6. The van der Waals surface area contributed by atoms with Crippen molar-refractivity contribution in [2.45, 2.75) is 13.0 Å². The monoisotopic (exact) mass is 440 g/mol. The van der Waals surface area contributed by atoms with Crippen LogP contribution in [0.4, 0.5) is 4.39 Å². The normalized spacial score (nSPS) is 12.0. The Morgan fingerprint density at radius 2 is 2.00 bits per heavy atom. The Kier molecular flexibility index (Phi) is 5.65. The first kappa shape index (κ1) is 20.3. The zero-order valence-electron chi connectivity index (χ0n) is 16.3. The molecular formula is C22H18ClFN4OS. The fraction of sp³-hybridized carbons (Fsp3) is 0.136. The van der Waals surface area contributed by atoms with Gasteiger partial charge in [-0.15, -0.1) is 11.3 Å². The highest BCUT2D eigenvalue weighted by Gasteiger charge is 2.24. The van der Waals surface area contributed by atoms with Crippen LogP contribution in [0.25, 0.3) is 10.6 Å². The van der Waals surface area contributed by atoms with Crippen molar-refractivity contribution in [3.05, 3.63) is 93.7 Å². The highest BCUT2D eigenvalue weighted by Crippen LogP contribution is 2.30. The summed E-state index contributed by atoms with van der Waals surface area (Å²) in [5, 5.41) is 4.36. The second kappa shape index (κ2) is 8.38. The number of hydrogen-bond acceptors (Lipinski definition) is 4. The number of halogens is 2. The smallest absolute Gasteiger partial charge is 0.264 e. The lowest BCUT2D eigenvalue weighted by molar-refractivity contribution is 0.0944. The Morgan fingerprint density at radius 1 is 1.23 bits per heavy atom. The van der Waals surface area contributed by atoms with E-state index in [9.17, 15) is 9.18 Å². The van der Waals surface area contributed by atoms with E-state index < -0.39 is 6.04 Å². The number of hydrogen-bond donors (Lipinski definition) is 1. The topological polar surface area (TPSA) is 59.8 Å². The van der Waals surface area contributed by atoms with E-state index in [1.165, 1.54) is 23.5 Å². The number of thiazole rings is 1. The molecule has 2 heterocycles. The fourth-order valence-corrected chi connectivity index (χ4v) is 4.31. The molecule has 0 saturated heterocycles. The molecule has 2 aromatic heterocycles. The van der Waals surface area contributed by atoms with Crippen LogP contribution in [0.2, 0.25) is 5.02 Å². The van der Waals surface area contributed by atoms with Crippen molar-refractivity contribution >= 4 is 28.8 Å². The molecule has 4 rings (SSSR count). The largest absolute Gasteiger partial charge is 0.337 e. The number of nitrogens with zero attached hydrogens (tertiary/aromatic N) is 3. The number of aryl methyl sites for hydroxylation is 2. The number of benzene rings is 2. The van der Waals surface area contributed by atoms with Gasteiger partial charge in [0.15, 0.2) is 0 Å². The van der Waals surface area contributed by atoms with Crippen molar-refractivity contribution in [1.82, 2.24) is 19.9 Å². The summed E-state index contributed by atoms with van der Waals surface area (Å²) in [6, 6.07) is 12.8. The number of rotatable bonds is 5. The Hall–Kier alpha value is -3.03. The van der Waals surface area contributed by atoms with Gasteiger partial charge in [-0.2, -0.15) is 0 Å². The summed E-state index contributed by atoms with van der Waals surface area (Å²) in [5.41, 5.74) is 2.22. The van der Waals surface area contributed by atoms with E-state index in [0.717, 1.165) is 16.1 Å². The molecule has 1 N–H and O–H groups in total. The number of carbonyl (C=O) groups is 1. The third-order valence-corrected chi connectivity index (χ3v) is 6.11. The van der Waals surface area contributed by atoms with E-state index in [1.54, 1.807) is 37.5 Å². The average Bonchev–Trinajstić information content (AvgIpc) is 3.32. The van der Waals surface area contributed by atoms with E-state index in [1.807, 2.05) is 29.8 Å². The first-order chi connectivity index (χ1) is 14.4. The molecule has 0 bridgehead atoms. The van der Waals surface area contributed by atoms with E-state index in [2.05, 4.69) is 15.3 Å². The van der Waals surface area contributed by atoms with Crippen LogP contribution in [-0.4, -0.2) is 20.4 Å². The molecule has 8 heteroatoms. The predicted molar refractivity (Wildman–Crippen MR) is 116 cm³/mol. The molecule has 1 amide bonds. The minimum atomic E-state index is -0.533. The van der Waals surface area contributed by atoms with Crippen LogP contribution in [0.15, 0.2) is 60.9 Å². The summed E-state index contributed by atoms with van der Waals surface area (Å²) in [5.74, 6) is 0.0379. The molecule has 0 fully saturated rings. The van der Waals surface area contributed by atoms with Gasteiger partial charge in [-0.25, -0.2) is 14.4 Å². The van der Waals surface area contributed by atoms with E-state index in [4.69, 9.17) is 11.6 Å². The fourth-order valence-electron chi connectivity index (χ4n) is 3.16. The first-order valence-electron chi connectivity index (χ1n) is 9.19. The Balaban J connectivity index is 1.66. The lowest BCUT2D eigenvalue weighted by Gasteiger charge is -2.19. The summed E-state index contributed by atoms with van der Waals surface area (Å²) in [6.07, 6.45) is 3.46. The van der Waals surface area contributed by atoms with Crippen molar-refractivity contribution in [2.75, 3.05) is 0 Å². The van der Waals surface area contributed by atoms with Crippen molar-refractivity contribution in [2.24, 2.45) is 7.05 Å². The van der Waals surface area contributed by atoms with Gasteiger partial charge in [0.1, 0.15) is 27.6 Å². The highest BCUT2D eigenvalue weighted by atomic mass is 35.5. The number of carbonyl (C=O) groups excluding carboxylic acids is 1. The minimum Gasteiger partial charge on any atom is -0.337 e. The van der Waals surface area contributed by atoms with Crippen LogP contribution in [0.1, 0.15) is 32.8 Å². The molecule has 2 aromatic carbocycles. The van der Waals surface area contributed by atoms with Gasteiger partial charge < -0.3 is 9.88 Å². The number of aromatic nitrogens is 3. The van der Waals surface area contributed by atoms with Gasteiger partial charge in [-0.3, -0.25) is 4.79 Å². The molecule has 1 unspecified atom stereocenters. The predicted octanol–water partition coefficient (Wildman–Crippen LogP) is 5.16. The molecule has 0 aliphatic carbocycles. The quantitative estimate of drug-likeness (QED) is 0.466. The Morgan fingerprint density at radius 3 is 2.67 bits per heavy atom. The van der Waals surface area contributed by atoms with E-state index in [-0.39, 0.29) is 11.7 Å². The van der Waals surface area contributed by atoms with Crippen molar-refractivity contribution in [1.29, 1.82) is 0 Å². The van der Waals surface area contributed by atoms with Crippen LogP contribution in [-0.2, 0) is 7.05 Å². The molecule has 0 radical (unpaired) electrons. The summed E-state index contributed by atoms with van der Waals surface area (Å²) in [7, 11) is 1.85.